The van der Waals surface area contributed by atoms with Crippen LogP contribution in [0.4, 0.5) is 0 Å². The second-order valence-electron chi connectivity index (χ2n) is 7.20. The van der Waals surface area contributed by atoms with E-state index in [-0.39, 0.29) is 9.79 Å². The van der Waals surface area contributed by atoms with Crippen molar-refractivity contribution in [2.45, 2.75) is 35.5 Å². The van der Waals surface area contributed by atoms with Gasteiger partial charge in [0.25, 0.3) is 0 Å². The van der Waals surface area contributed by atoms with E-state index in [2.05, 4.69) is 14.9 Å². The summed E-state index contributed by atoms with van der Waals surface area (Å²) in [7, 11) is -5.72. The molecule has 1 aliphatic carbocycles. The van der Waals surface area contributed by atoms with Crippen molar-refractivity contribution in [2.75, 3.05) is 13.3 Å². The average Bonchev–Trinajstić information content (AvgIpc) is 3.38. The van der Waals surface area contributed by atoms with E-state index in [1.165, 1.54) is 13.1 Å². The Balaban J connectivity index is 2.08. The first-order valence-corrected chi connectivity index (χ1v) is 12.3. The Morgan fingerprint density at radius 2 is 1.75 bits per heavy atom. The summed E-state index contributed by atoms with van der Waals surface area (Å²) in [6, 6.07) is 8.16. The molecule has 148 valence electrons. The first-order valence-electron chi connectivity index (χ1n) is 8.89. The van der Waals surface area contributed by atoms with Gasteiger partial charge in [-0.15, -0.1) is 0 Å². The maximum atomic E-state index is 12.7. The zero-order valence-corrected chi connectivity index (χ0v) is 17.4. The largest absolute Gasteiger partial charge is 0.281 e. The SMILES string of the molecule is CNS(=O)(=O)c1ccc2n[nH]c(C3CC3)c2c1-c1ccc(S(C)(=O)=O)c(C)c1. The van der Waals surface area contributed by atoms with E-state index < -0.39 is 19.9 Å². The van der Waals surface area contributed by atoms with Crippen molar-refractivity contribution in [3.05, 3.63) is 41.6 Å². The lowest BCUT2D eigenvalue weighted by Crippen LogP contribution is -2.19. The van der Waals surface area contributed by atoms with E-state index in [1.54, 1.807) is 31.2 Å². The monoisotopic (exact) mass is 419 g/mol. The molecule has 1 aromatic heterocycles. The highest BCUT2D eigenvalue weighted by atomic mass is 32.2. The number of hydrogen-bond donors (Lipinski definition) is 2. The van der Waals surface area contributed by atoms with Gasteiger partial charge in [0, 0.05) is 28.8 Å². The number of nitrogens with zero attached hydrogens (tertiary/aromatic N) is 1. The molecule has 0 aliphatic heterocycles. The fourth-order valence-electron chi connectivity index (χ4n) is 3.62. The van der Waals surface area contributed by atoms with E-state index in [9.17, 15) is 16.8 Å². The Morgan fingerprint density at radius 3 is 2.32 bits per heavy atom. The molecule has 3 aromatic rings. The van der Waals surface area contributed by atoms with Crippen molar-refractivity contribution in [2.24, 2.45) is 0 Å². The van der Waals surface area contributed by atoms with Crippen molar-refractivity contribution in [3.8, 4) is 11.1 Å². The van der Waals surface area contributed by atoms with Gasteiger partial charge in [0.1, 0.15) is 0 Å². The lowest BCUT2D eigenvalue weighted by atomic mass is 9.97. The molecule has 0 bridgehead atoms. The van der Waals surface area contributed by atoms with E-state index in [1.807, 2.05) is 0 Å². The number of aromatic nitrogens is 2. The quantitative estimate of drug-likeness (QED) is 0.661. The van der Waals surface area contributed by atoms with Gasteiger partial charge >= 0.3 is 0 Å². The second kappa shape index (κ2) is 6.40. The molecule has 0 amide bonds. The van der Waals surface area contributed by atoms with Crippen LogP contribution in [-0.2, 0) is 19.9 Å². The van der Waals surface area contributed by atoms with Gasteiger partial charge in [0.15, 0.2) is 9.84 Å². The van der Waals surface area contributed by atoms with Crippen molar-refractivity contribution >= 4 is 30.8 Å². The third-order valence-corrected chi connectivity index (χ3v) is 7.83. The summed E-state index contributed by atoms with van der Waals surface area (Å²) in [5, 5.41) is 8.21. The maximum absolute atomic E-state index is 12.7. The number of benzene rings is 2. The van der Waals surface area contributed by atoms with Crippen LogP contribution in [0.1, 0.15) is 30.0 Å². The number of hydrogen-bond acceptors (Lipinski definition) is 5. The number of aromatic amines is 1. The van der Waals surface area contributed by atoms with Gasteiger partial charge < -0.3 is 0 Å². The summed E-state index contributed by atoms with van der Waals surface area (Å²) in [6.07, 6.45) is 3.23. The first-order chi connectivity index (χ1) is 13.1. The van der Waals surface area contributed by atoms with Crippen molar-refractivity contribution < 1.29 is 16.8 Å². The molecule has 9 heteroatoms. The summed E-state index contributed by atoms with van der Waals surface area (Å²) in [5.74, 6) is 0.340. The molecule has 0 radical (unpaired) electrons. The number of sulfone groups is 1. The van der Waals surface area contributed by atoms with E-state index in [0.717, 1.165) is 30.2 Å². The minimum atomic E-state index is -3.73. The minimum Gasteiger partial charge on any atom is -0.281 e. The highest BCUT2D eigenvalue weighted by Crippen LogP contribution is 2.46. The molecule has 28 heavy (non-hydrogen) atoms. The number of rotatable bonds is 5. The van der Waals surface area contributed by atoms with Gasteiger partial charge in [0.05, 0.1) is 15.3 Å². The van der Waals surface area contributed by atoms with Crippen LogP contribution in [0.3, 0.4) is 0 Å². The normalized spacial score (nSPS) is 15.2. The Bertz CT molecular complexity index is 1300. The fraction of sp³-hybridized carbons (Fsp3) is 0.316. The smallest absolute Gasteiger partial charge is 0.240 e. The number of aryl methyl sites for hydroxylation is 1. The van der Waals surface area contributed by atoms with Crippen LogP contribution in [0.5, 0.6) is 0 Å². The Labute approximate surface area is 164 Å². The van der Waals surface area contributed by atoms with Gasteiger partial charge in [-0.1, -0.05) is 12.1 Å². The van der Waals surface area contributed by atoms with Gasteiger partial charge in [-0.2, -0.15) is 5.10 Å². The van der Waals surface area contributed by atoms with Crippen LogP contribution in [0.25, 0.3) is 22.0 Å². The van der Waals surface area contributed by atoms with E-state index in [0.29, 0.717) is 28.1 Å². The standard InChI is InChI=1S/C19H21N3O4S2/c1-11-10-13(6-8-15(11)27(3,23)24)17-16(28(25,26)20-2)9-7-14-18(17)19(22-21-14)12-4-5-12/h6-10,12,20H,4-5H2,1-3H3,(H,21,22). The highest BCUT2D eigenvalue weighted by Gasteiger charge is 2.31. The van der Waals surface area contributed by atoms with Crippen molar-refractivity contribution in [1.82, 2.24) is 14.9 Å². The molecular formula is C19H21N3O4S2. The zero-order valence-electron chi connectivity index (χ0n) is 15.8. The minimum absolute atomic E-state index is 0.150. The molecule has 4 rings (SSSR count). The van der Waals surface area contributed by atoms with Gasteiger partial charge in [-0.25, -0.2) is 21.6 Å². The maximum Gasteiger partial charge on any atom is 0.240 e. The summed E-state index contributed by atoms with van der Waals surface area (Å²) >= 11 is 0. The predicted molar refractivity (Wildman–Crippen MR) is 108 cm³/mol. The summed E-state index contributed by atoms with van der Waals surface area (Å²) < 4.78 is 51.8. The van der Waals surface area contributed by atoms with Crippen LogP contribution in [-0.4, -0.2) is 40.3 Å². The molecule has 0 spiro atoms. The lowest BCUT2D eigenvalue weighted by Gasteiger charge is -2.14. The Hall–Kier alpha value is -2.23. The van der Waals surface area contributed by atoms with Crippen LogP contribution in [0.15, 0.2) is 40.1 Å². The topological polar surface area (TPSA) is 109 Å². The van der Waals surface area contributed by atoms with Crippen LogP contribution >= 0.6 is 0 Å². The first kappa shape index (κ1) is 19.1. The number of H-pyrrole nitrogens is 1. The summed E-state index contributed by atoms with van der Waals surface area (Å²) in [4.78, 5) is 0.383. The molecule has 1 fully saturated rings. The third kappa shape index (κ3) is 3.13. The molecule has 2 aromatic carbocycles. The zero-order chi connectivity index (χ0) is 20.3. The van der Waals surface area contributed by atoms with E-state index >= 15 is 0 Å². The van der Waals surface area contributed by atoms with Gasteiger partial charge in [-0.05, 0) is 56.1 Å². The molecule has 1 aliphatic rings. The van der Waals surface area contributed by atoms with Crippen LogP contribution in [0, 0.1) is 6.92 Å². The molecule has 1 heterocycles. The summed E-state index contributed by atoms with van der Waals surface area (Å²) in [6.45, 7) is 1.71. The van der Waals surface area contributed by atoms with Gasteiger partial charge in [0.2, 0.25) is 10.0 Å². The number of sulfonamides is 1. The highest BCUT2D eigenvalue weighted by molar-refractivity contribution is 7.90. The Kier molecular flexibility index (Phi) is 4.36. The molecule has 2 N–H and O–H groups in total. The molecular weight excluding hydrogens is 398 g/mol. The Morgan fingerprint density at radius 1 is 1.07 bits per heavy atom. The van der Waals surface area contributed by atoms with Crippen molar-refractivity contribution in [3.63, 3.8) is 0 Å². The summed E-state index contributed by atoms with van der Waals surface area (Å²) in [5.41, 5.74) is 3.39. The fourth-order valence-corrected chi connectivity index (χ4v) is 5.54. The van der Waals surface area contributed by atoms with Crippen molar-refractivity contribution in [1.29, 1.82) is 0 Å². The van der Waals surface area contributed by atoms with Crippen LogP contribution < -0.4 is 4.72 Å². The third-order valence-electron chi connectivity index (χ3n) is 5.12. The molecule has 7 nitrogen and oxygen atoms in total. The van der Waals surface area contributed by atoms with Crippen LogP contribution in [0.2, 0.25) is 0 Å². The number of nitrogens with one attached hydrogen (secondary N) is 2. The number of fused-ring (bicyclic) bond motifs is 1. The molecule has 0 atom stereocenters. The predicted octanol–water partition coefficient (Wildman–Crippen LogP) is 2.73. The second-order valence-corrected chi connectivity index (χ2v) is 11.0. The molecule has 0 unspecified atom stereocenters. The van der Waals surface area contributed by atoms with E-state index in [4.69, 9.17) is 0 Å². The van der Waals surface area contributed by atoms with Gasteiger partial charge in [-0.3, -0.25) is 5.10 Å². The lowest BCUT2D eigenvalue weighted by molar-refractivity contribution is 0.588. The molecule has 1 saturated carbocycles. The average molecular weight is 420 g/mol. The molecule has 0 saturated heterocycles.